The first-order valence-electron chi connectivity index (χ1n) is 13.8. The molecule has 0 unspecified atom stereocenters. The molecule has 10 heteroatoms. The van der Waals surface area contributed by atoms with E-state index in [-0.39, 0.29) is 5.92 Å². The van der Waals surface area contributed by atoms with Crippen LogP contribution in [-0.4, -0.2) is 12.7 Å². The molecule has 2 aliphatic carbocycles. The van der Waals surface area contributed by atoms with E-state index in [0.29, 0.717) is 18.3 Å². The van der Waals surface area contributed by atoms with Gasteiger partial charge in [0.15, 0.2) is 23.1 Å². The molecule has 2 nitrogen and oxygen atoms in total. The Labute approximate surface area is 230 Å². The number of halogens is 8. The van der Waals surface area contributed by atoms with Crippen LogP contribution in [0.5, 0.6) is 11.5 Å². The van der Waals surface area contributed by atoms with E-state index < -0.39 is 35.9 Å². The van der Waals surface area contributed by atoms with E-state index in [1.807, 2.05) is 0 Å². The fourth-order valence-corrected chi connectivity index (χ4v) is 5.47. The van der Waals surface area contributed by atoms with Crippen LogP contribution in [-0.2, 0) is 6.42 Å². The predicted molar refractivity (Wildman–Crippen MR) is 136 cm³/mol. The van der Waals surface area contributed by atoms with Crippen molar-refractivity contribution >= 4 is 0 Å². The van der Waals surface area contributed by atoms with Gasteiger partial charge in [-0.05, 0) is 84.7 Å². The molecule has 0 atom stereocenters. The van der Waals surface area contributed by atoms with Crippen LogP contribution in [0.2, 0.25) is 0 Å². The van der Waals surface area contributed by atoms with Crippen molar-refractivity contribution in [3.8, 4) is 11.5 Å². The summed E-state index contributed by atoms with van der Waals surface area (Å²) in [4.78, 5) is 0. The van der Waals surface area contributed by atoms with Gasteiger partial charge in [-0.25, -0.2) is 8.78 Å². The van der Waals surface area contributed by atoms with Crippen LogP contribution >= 0.6 is 0 Å². The number of aryl methyl sites for hydroxylation is 1. The van der Waals surface area contributed by atoms with Gasteiger partial charge in [0, 0.05) is 0 Å². The molecule has 2 fully saturated rings. The molecule has 0 heterocycles. The Morgan fingerprint density at radius 2 is 1.12 bits per heavy atom. The third-order valence-electron chi connectivity index (χ3n) is 7.87. The van der Waals surface area contributed by atoms with Crippen molar-refractivity contribution in [2.75, 3.05) is 0 Å². The molecule has 2 aromatic carbocycles. The van der Waals surface area contributed by atoms with E-state index >= 15 is 0 Å². The van der Waals surface area contributed by atoms with E-state index in [2.05, 4.69) is 23.3 Å². The van der Waals surface area contributed by atoms with Crippen LogP contribution in [0.3, 0.4) is 0 Å². The smallest absolute Gasteiger partial charge is 0.403 e. The third kappa shape index (κ3) is 10.8. The predicted octanol–water partition coefficient (Wildman–Crippen LogP) is 10.5. The zero-order chi connectivity index (χ0) is 29.5. The van der Waals surface area contributed by atoms with Gasteiger partial charge in [-0.1, -0.05) is 64.5 Å². The second-order valence-corrected chi connectivity index (χ2v) is 11.2. The highest BCUT2D eigenvalue weighted by molar-refractivity contribution is 5.32. The molecular weight excluding hydrogens is 544 g/mol. The van der Waals surface area contributed by atoms with Gasteiger partial charge < -0.3 is 9.47 Å². The van der Waals surface area contributed by atoms with Crippen molar-refractivity contribution in [1.29, 1.82) is 0 Å². The summed E-state index contributed by atoms with van der Waals surface area (Å²) in [5, 5.41) is 0. The van der Waals surface area contributed by atoms with Crippen LogP contribution < -0.4 is 9.47 Å². The van der Waals surface area contributed by atoms with Gasteiger partial charge in [-0.3, -0.25) is 0 Å². The molecule has 0 spiro atoms. The molecule has 0 radical (unpaired) electrons. The summed E-state index contributed by atoms with van der Waals surface area (Å²) in [6.45, 7) is 4.43. The molecule has 0 aliphatic heterocycles. The highest BCUT2D eigenvalue weighted by Crippen LogP contribution is 2.37. The summed E-state index contributed by atoms with van der Waals surface area (Å²) in [5.41, 5.74) is 1.49. The van der Waals surface area contributed by atoms with Gasteiger partial charge in [0.25, 0.3) is 0 Å². The lowest BCUT2D eigenvalue weighted by Crippen LogP contribution is -2.18. The average molecular weight is 581 g/mol. The van der Waals surface area contributed by atoms with Gasteiger partial charge in [0.2, 0.25) is 0 Å². The van der Waals surface area contributed by atoms with Crippen molar-refractivity contribution < 1.29 is 44.6 Å². The summed E-state index contributed by atoms with van der Waals surface area (Å²) in [7, 11) is 0. The van der Waals surface area contributed by atoms with E-state index in [1.165, 1.54) is 43.9 Å². The number of ether oxygens (including phenoxy) is 2. The van der Waals surface area contributed by atoms with E-state index in [4.69, 9.17) is 0 Å². The third-order valence-corrected chi connectivity index (χ3v) is 7.87. The Morgan fingerprint density at radius 1 is 0.650 bits per heavy atom. The summed E-state index contributed by atoms with van der Waals surface area (Å²) in [5.74, 6) is -1.08. The summed E-state index contributed by atoms with van der Waals surface area (Å²) < 4.78 is 107. The summed E-state index contributed by atoms with van der Waals surface area (Å²) >= 11 is 0. The van der Waals surface area contributed by atoms with Crippen LogP contribution in [0.4, 0.5) is 35.1 Å². The monoisotopic (exact) mass is 580 g/mol. The summed E-state index contributed by atoms with van der Waals surface area (Å²) in [6.07, 6.45) is 0.866. The molecule has 0 bridgehead atoms. The molecule has 40 heavy (non-hydrogen) atoms. The highest BCUT2D eigenvalue weighted by Gasteiger charge is 2.33. The average Bonchev–Trinajstić information content (AvgIpc) is 2.86. The zero-order valence-corrected chi connectivity index (χ0v) is 22.7. The Kier molecular flexibility index (Phi) is 11.1. The Bertz CT molecular complexity index is 1070. The van der Waals surface area contributed by atoms with Crippen molar-refractivity contribution in [2.24, 2.45) is 17.8 Å². The molecule has 2 aromatic rings. The lowest BCUT2D eigenvalue weighted by molar-refractivity contribution is -0.276. The van der Waals surface area contributed by atoms with Crippen LogP contribution in [0.1, 0.15) is 88.7 Å². The maximum atomic E-state index is 13.6. The number of benzene rings is 2. The van der Waals surface area contributed by atoms with E-state index in [1.54, 1.807) is 0 Å². The molecule has 0 aromatic heterocycles. The lowest BCUT2D eigenvalue weighted by Gasteiger charge is -2.26. The van der Waals surface area contributed by atoms with Gasteiger partial charge in [0.1, 0.15) is 0 Å². The minimum atomic E-state index is -4.86. The first kappa shape index (κ1) is 32.0. The van der Waals surface area contributed by atoms with E-state index in [0.717, 1.165) is 67.3 Å². The number of rotatable bonds is 6. The van der Waals surface area contributed by atoms with Crippen LogP contribution in [0.25, 0.3) is 0 Å². The minimum Gasteiger partial charge on any atom is -0.403 e. The standard InChI is InChI=1S/C16H20F4O.C14H16F4O/c1-11-2-4-12(5-3-11)6-7-13-8-9-15(14(17)10-13)21-16(18,19)20;1-9-2-4-10(5-3-9)11-6-7-13(12(15)8-11)19-14(16,17)18/h8-12H,2-7H2,1H3;6-10H,2-5H2,1H3. The minimum absolute atomic E-state index is 0.241. The lowest BCUT2D eigenvalue weighted by atomic mass is 9.79. The van der Waals surface area contributed by atoms with Gasteiger partial charge in [-0.2, -0.15) is 0 Å². The van der Waals surface area contributed by atoms with Crippen molar-refractivity contribution in [3.05, 3.63) is 59.2 Å². The summed E-state index contributed by atoms with van der Waals surface area (Å²) in [6, 6.07) is 7.48. The SMILES string of the molecule is CC1CCC(CCc2ccc(OC(F)(F)F)c(F)c2)CC1.CC1CCC(c2ccc(OC(F)(F)F)c(F)c2)CC1. The molecule has 0 amide bonds. The first-order valence-corrected chi connectivity index (χ1v) is 13.8. The van der Waals surface area contributed by atoms with Gasteiger partial charge in [0.05, 0.1) is 0 Å². The maximum Gasteiger partial charge on any atom is 0.573 e. The molecule has 0 saturated heterocycles. The van der Waals surface area contributed by atoms with Gasteiger partial charge in [-0.15, -0.1) is 26.3 Å². The molecule has 2 aliphatic rings. The highest BCUT2D eigenvalue weighted by atomic mass is 19.4. The fourth-order valence-electron chi connectivity index (χ4n) is 5.47. The largest absolute Gasteiger partial charge is 0.573 e. The van der Waals surface area contributed by atoms with Gasteiger partial charge >= 0.3 is 12.7 Å². The molecular formula is C30H36F8O2. The molecule has 2 saturated carbocycles. The maximum absolute atomic E-state index is 13.6. The van der Waals surface area contributed by atoms with E-state index in [9.17, 15) is 35.1 Å². The molecule has 4 rings (SSSR count). The Hall–Kier alpha value is -2.52. The Balaban J connectivity index is 0.000000222. The van der Waals surface area contributed by atoms with Crippen molar-refractivity contribution in [1.82, 2.24) is 0 Å². The fraction of sp³-hybridized carbons (Fsp3) is 0.600. The normalized spacial score (nSPS) is 23.6. The second-order valence-electron chi connectivity index (χ2n) is 11.2. The Morgan fingerprint density at radius 3 is 1.60 bits per heavy atom. The van der Waals surface area contributed by atoms with Crippen molar-refractivity contribution in [3.63, 3.8) is 0 Å². The topological polar surface area (TPSA) is 18.5 Å². The quantitative estimate of drug-likeness (QED) is 0.317. The zero-order valence-electron chi connectivity index (χ0n) is 22.7. The molecule has 0 N–H and O–H groups in total. The first-order chi connectivity index (χ1) is 18.7. The molecule has 224 valence electrons. The van der Waals surface area contributed by atoms with Crippen LogP contribution in [0.15, 0.2) is 36.4 Å². The number of alkyl halides is 6. The number of hydrogen-bond acceptors (Lipinski definition) is 2. The van der Waals surface area contributed by atoms with Crippen molar-refractivity contribution in [2.45, 2.75) is 96.7 Å². The van der Waals surface area contributed by atoms with Crippen LogP contribution in [0, 0.1) is 29.4 Å². The second kappa shape index (κ2) is 13.9. The number of hydrogen-bond donors (Lipinski definition) is 0.